The van der Waals surface area contributed by atoms with E-state index >= 15 is 0 Å². The van der Waals surface area contributed by atoms with Gasteiger partial charge in [-0.25, -0.2) is 0 Å². The van der Waals surface area contributed by atoms with Gasteiger partial charge in [-0.2, -0.15) is 0 Å². The van der Waals surface area contributed by atoms with Crippen LogP contribution >= 0.6 is 16.1 Å². The number of amidine groups is 1. The molecule has 1 fully saturated rings. The van der Waals surface area contributed by atoms with Crippen LogP contribution in [0.25, 0.3) is 0 Å². The summed E-state index contributed by atoms with van der Waals surface area (Å²) in [5.74, 6) is 0.670. The van der Waals surface area contributed by atoms with Crippen LogP contribution in [-0.4, -0.2) is 23.4 Å². The summed E-state index contributed by atoms with van der Waals surface area (Å²) in [7, 11) is 0. The average Bonchev–Trinajstić information content (AvgIpc) is 2.75. The monoisotopic (exact) mass is 265 g/mol. The molecule has 1 saturated heterocycles. The summed E-state index contributed by atoms with van der Waals surface area (Å²) in [5.41, 5.74) is 2.14. The van der Waals surface area contributed by atoms with Gasteiger partial charge in [0.05, 0.1) is 21.8 Å². The van der Waals surface area contributed by atoms with Gasteiger partial charge in [0.15, 0.2) is 0 Å². The second-order valence-corrected chi connectivity index (χ2v) is 4.76. The Balaban J connectivity index is 2.14. The van der Waals surface area contributed by atoms with Crippen LogP contribution in [0.1, 0.15) is 18.4 Å². The molecule has 0 aromatic heterocycles. The van der Waals surface area contributed by atoms with Gasteiger partial charge in [-0.3, -0.25) is 9.34 Å². The topological polar surface area (TPSA) is 30.3 Å². The van der Waals surface area contributed by atoms with Crippen molar-refractivity contribution in [2.45, 2.75) is 19.0 Å². The molecule has 1 aromatic rings. The minimum Gasteiger partial charge on any atom is -0.335 e. The third-order valence-electron chi connectivity index (χ3n) is 3.16. The Labute approximate surface area is 97.5 Å². The van der Waals surface area contributed by atoms with Crippen molar-refractivity contribution in [1.29, 1.82) is 5.41 Å². The molecule has 0 saturated carbocycles. The Hall–Kier alpha value is -1.03. The molecule has 2 aliphatic rings. The van der Waals surface area contributed by atoms with E-state index in [2.05, 4.69) is 31.0 Å². The van der Waals surface area contributed by atoms with Gasteiger partial charge in [0.2, 0.25) is 0 Å². The van der Waals surface area contributed by atoms with Gasteiger partial charge in [0.1, 0.15) is 12.0 Å². The van der Waals surface area contributed by atoms with Crippen LogP contribution in [0.3, 0.4) is 0 Å². The average molecular weight is 266 g/mol. The molecular weight excluding hydrogens is 254 g/mol. The molecule has 0 radical (unpaired) electrons. The number of nitrogens with zero attached hydrogens (tertiary/aromatic N) is 2. The van der Waals surface area contributed by atoms with Gasteiger partial charge < -0.3 is 4.90 Å². The summed E-state index contributed by atoms with van der Waals surface area (Å²) in [4.78, 5) is 2.16. The molecule has 0 bridgehead atoms. The van der Waals surface area contributed by atoms with Gasteiger partial charge in [-0.15, -0.1) is 0 Å². The van der Waals surface area contributed by atoms with Crippen molar-refractivity contribution in [2.24, 2.45) is 0 Å². The normalized spacial score (nSPS) is 24.1. The minimum absolute atomic E-state index is 0.326. The minimum atomic E-state index is 0.326. The quantitative estimate of drug-likeness (QED) is 0.731. The first-order chi connectivity index (χ1) is 7.29. The van der Waals surface area contributed by atoms with E-state index in [1.54, 1.807) is 0 Å². The van der Waals surface area contributed by atoms with Gasteiger partial charge in [0.25, 0.3) is 0 Å². The Kier molecular flexibility index (Phi) is 1.99. The predicted octanol–water partition coefficient (Wildman–Crippen LogP) is 2.56. The Morgan fingerprint density at radius 2 is 2.13 bits per heavy atom. The van der Waals surface area contributed by atoms with Crippen molar-refractivity contribution >= 4 is 27.7 Å². The number of benzene rings is 1. The van der Waals surface area contributed by atoms with E-state index in [-0.39, 0.29) is 0 Å². The van der Waals surface area contributed by atoms with Crippen LogP contribution < -0.4 is 3.93 Å². The van der Waals surface area contributed by atoms with E-state index in [0.717, 1.165) is 24.2 Å². The summed E-state index contributed by atoms with van der Waals surface area (Å²) in [6.07, 6.45) is 2.62. The molecule has 3 nitrogen and oxygen atoms in total. The predicted molar refractivity (Wildman–Crippen MR) is 64.4 cm³/mol. The third-order valence-corrected chi connectivity index (χ3v) is 4.01. The van der Waals surface area contributed by atoms with Crippen LogP contribution in [0.2, 0.25) is 0 Å². The SMILES string of the molecule is N=C1c2ccccc2N(Br)C2CCCN12. The van der Waals surface area contributed by atoms with Crippen molar-refractivity contribution in [3.05, 3.63) is 29.8 Å². The number of halogens is 1. The van der Waals surface area contributed by atoms with E-state index in [1.807, 2.05) is 18.2 Å². The maximum absolute atomic E-state index is 8.17. The van der Waals surface area contributed by atoms with Crippen molar-refractivity contribution in [1.82, 2.24) is 4.90 Å². The van der Waals surface area contributed by atoms with E-state index in [1.165, 1.54) is 6.42 Å². The van der Waals surface area contributed by atoms with Crippen molar-refractivity contribution in [3.8, 4) is 0 Å². The second kappa shape index (κ2) is 3.23. The van der Waals surface area contributed by atoms with Crippen molar-refractivity contribution in [3.63, 3.8) is 0 Å². The molecule has 4 heteroatoms. The fourth-order valence-corrected chi connectivity index (χ4v) is 3.16. The molecule has 0 spiro atoms. The summed E-state index contributed by atoms with van der Waals surface area (Å²) >= 11 is 3.62. The number of rotatable bonds is 0. The van der Waals surface area contributed by atoms with Gasteiger partial charge in [0, 0.05) is 12.1 Å². The molecule has 1 atom stereocenters. The standard InChI is InChI=1S/C11H12BrN3/c12-15-9-5-2-1-4-8(9)11(13)14-7-3-6-10(14)15/h1-2,4-5,10,13H,3,6-7H2. The lowest BCUT2D eigenvalue weighted by atomic mass is 10.1. The number of hydrogen-bond donors (Lipinski definition) is 1. The Bertz CT molecular complexity index is 418. The highest BCUT2D eigenvalue weighted by Crippen LogP contribution is 2.37. The number of anilines is 1. The molecule has 15 heavy (non-hydrogen) atoms. The molecule has 78 valence electrons. The number of nitrogens with one attached hydrogen (secondary N) is 1. The van der Waals surface area contributed by atoms with E-state index < -0.39 is 0 Å². The van der Waals surface area contributed by atoms with Crippen LogP contribution in [0.5, 0.6) is 0 Å². The largest absolute Gasteiger partial charge is 0.335 e. The second-order valence-electron chi connectivity index (χ2n) is 3.99. The first-order valence-corrected chi connectivity index (χ1v) is 5.89. The molecule has 2 heterocycles. The molecule has 3 rings (SSSR count). The number of fused-ring (bicyclic) bond motifs is 2. The Morgan fingerprint density at radius 1 is 1.33 bits per heavy atom. The zero-order chi connectivity index (χ0) is 10.4. The lowest BCUT2D eigenvalue weighted by Crippen LogP contribution is -2.47. The fraction of sp³-hybridized carbons (Fsp3) is 0.364. The molecule has 1 aromatic carbocycles. The molecular formula is C11H12BrN3. The first kappa shape index (κ1) is 9.21. The van der Waals surface area contributed by atoms with Crippen LogP contribution in [0.4, 0.5) is 5.69 Å². The third kappa shape index (κ3) is 1.21. The van der Waals surface area contributed by atoms with E-state index in [9.17, 15) is 0 Å². The summed E-state index contributed by atoms with van der Waals surface area (Å²) < 4.78 is 2.12. The number of para-hydroxylation sites is 1. The highest BCUT2D eigenvalue weighted by molar-refractivity contribution is 9.10. The Morgan fingerprint density at radius 3 is 3.00 bits per heavy atom. The van der Waals surface area contributed by atoms with Crippen molar-refractivity contribution < 1.29 is 0 Å². The smallest absolute Gasteiger partial charge is 0.131 e. The van der Waals surface area contributed by atoms with E-state index in [4.69, 9.17) is 5.41 Å². The summed E-state index contributed by atoms with van der Waals surface area (Å²) in [6, 6.07) is 8.09. The lowest BCUT2D eigenvalue weighted by Gasteiger charge is -2.39. The molecule has 0 amide bonds. The highest BCUT2D eigenvalue weighted by Gasteiger charge is 2.37. The molecule has 2 aliphatic heterocycles. The zero-order valence-corrected chi connectivity index (χ0v) is 9.87. The summed E-state index contributed by atoms with van der Waals surface area (Å²) in [5, 5.41) is 8.17. The van der Waals surface area contributed by atoms with Crippen LogP contribution in [-0.2, 0) is 0 Å². The van der Waals surface area contributed by atoms with Gasteiger partial charge >= 0.3 is 0 Å². The van der Waals surface area contributed by atoms with Crippen LogP contribution in [0, 0.1) is 5.41 Å². The highest BCUT2D eigenvalue weighted by atomic mass is 79.9. The van der Waals surface area contributed by atoms with Gasteiger partial charge in [-0.1, -0.05) is 12.1 Å². The van der Waals surface area contributed by atoms with Gasteiger partial charge in [-0.05, 0) is 25.0 Å². The molecule has 0 aliphatic carbocycles. The zero-order valence-electron chi connectivity index (χ0n) is 8.28. The lowest BCUT2D eigenvalue weighted by molar-refractivity contribution is 0.398. The maximum atomic E-state index is 8.17. The van der Waals surface area contributed by atoms with Crippen LogP contribution in [0.15, 0.2) is 24.3 Å². The first-order valence-electron chi connectivity index (χ1n) is 5.18. The summed E-state index contributed by atoms with van der Waals surface area (Å²) in [6.45, 7) is 1.000. The maximum Gasteiger partial charge on any atom is 0.131 e. The fourth-order valence-electron chi connectivity index (χ4n) is 2.42. The number of hydrogen-bond acceptors (Lipinski definition) is 2. The molecule has 1 N–H and O–H groups in total. The molecule has 1 unspecified atom stereocenters. The van der Waals surface area contributed by atoms with Crippen molar-refractivity contribution in [2.75, 3.05) is 10.5 Å². The van der Waals surface area contributed by atoms with E-state index in [0.29, 0.717) is 12.0 Å².